The highest BCUT2D eigenvalue weighted by molar-refractivity contribution is 8.02. The Hall–Kier alpha value is -1.33. The predicted molar refractivity (Wildman–Crippen MR) is 87.7 cm³/mol. The molecule has 0 saturated heterocycles. The zero-order valence-electron chi connectivity index (χ0n) is 12.2. The van der Waals surface area contributed by atoms with Crippen molar-refractivity contribution in [3.05, 3.63) is 46.5 Å². The van der Waals surface area contributed by atoms with E-state index in [-0.39, 0.29) is 11.2 Å². The molecule has 21 heavy (non-hydrogen) atoms. The van der Waals surface area contributed by atoms with Gasteiger partial charge in [-0.2, -0.15) is 0 Å². The van der Waals surface area contributed by atoms with Crippen molar-refractivity contribution < 1.29 is 4.79 Å². The van der Waals surface area contributed by atoms with Crippen molar-refractivity contribution in [2.24, 2.45) is 0 Å². The number of carbonyl (C=O) groups excluding carboxylic acids is 1. The van der Waals surface area contributed by atoms with Crippen LogP contribution in [-0.2, 0) is 17.8 Å². The maximum atomic E-state index is 12.6. The summed E-state index contributed by atoms with van der Waals surface area (Å²) in [7, 11) is 0. The van der Waals surface area contributed by atoms with E-state index in [4.69, 9.17) is 0 Å². The smallest absolute Gasteiger partial charge is 0.236 e. The molecule has 0 radical (unpaired) electrons. The van der Waals surface area contributed by atoms with Gasteiger partial charge < -0.3 is 4.90 Å². The predicted octanol–water partition coefficient (Wildman–Crippen LogP) is 3.52. The van der Waals surface area contributed by atoms with E-state index in [0.29, 0.717) is 0 Å². The number of hydrogen-bond donors (Lipinski definition) is 0. The minimum Gasteiger partial charge on any atom is -0.337 e. The average Bonchev–Trinajstić information content (AvgIpc) is 2.91. The molecule has 3 rings (SSSR count). The zero-order chi connectivity index (χ0) is 14.8. The van der Waals surface area contributed by atoms with Crippen molar-refractivity contribution in [3.63, 3.8) is 0 Å². The van der Waals surface area contributed by atoms with Crippen LogP contribution in [0.2, 0.25) is 0 Å². The molecule has 1 aliphatic heterocycles. The standard InChI is InChI=1S/C16H18N2OS2/c1-11-10-20-16(17-11)21-12(2)15(19)18-8-7-13-5-3-4-6-14(13)9-18/h3-6,10,12H,7-9H2,1-2H3/t12-/m1/s1. The summed E-state index contributed by atoms with van der Waals surface area (Å²) < 4.78 is 0.978. The number of hydrogen-bond acceptors (Lipinski definition) is 4. The molecule has 0 spiro atoms. The second-order valence-corrected chi connectivity index (χ2v) is 7.74. The lowest BCUT2D eigenvalue weighted by Crippen LogP contribution is -2.40. The molecule has 2 aromatic rings. The molecule has 0 unspecified atom stereocenters. The Morgan fingerprint density at radius 3 is 2.86 bits per heavy atom. The lowest BCUT2D eigenvalue weighted by molar-refractivity contribution is -0.131. The Bertz CT molecular complexity index is 653. The lowest BCUT2D eigenvalue weighted by atomic mass is 10.00. The topological polar surface area (TPSA) is 33.2 Å². The van der Waals surface area contributed by atoms with Crippen LogP contribution in [0.15, 0.2) is 34.0 Å². The summed E-state index contributed by atoms with van der Waals surface area (Å²) in [5, 5.41) is 1.94. The zero-order valence-corrected chi connectivity index (χ0v) is 13.8. The van der Waals surface area contributed by atoms with Crippen LogP contribution in [0.4, 0.5) is 0 Å². The Kier molecular flexibility index (Phi) is 4.31. The van der Waals surface area contributed by atoms with E-state index in [1.165, 1.54) is 11.1 Å². The first-order valence-electron chi connectivity index (χ1n) is 7.08. The van der Waals surface area contributed by atoms with Crippen molar-refractivity contribution in [1.29, 1.82) is 0 Å². The fourth-order valence-electron chi connectivity index (χ4n) is 2.53. The first-order chi connectivity index (χ1) is 10.1. The highest BCUT2D eigenvalue weighted by Gasteiger charge is 2.25. The SMILES string of the molecule is Cc1csc(S[C@H](C)C(=O)N2CCc3ccccc3C2)n1. The number of fused-ring (bicyclic) bond motifs is 1. The number of thioether (sulfide) groups is 1. The van der Waals surface area contributed by atoms with E-state index in [1.54, 1.807) is 23.1 Å². The molecular formula is C16H18N2OS2. The van der Waals surface area contributed by atoms with Crippen LogP contribution in [0.5, 0.6) is 0 Å². The third kappa shape index (κ3) is 3.30. The van der Waals surface area contributed by atoms with E-state index in [0.717, 1.165) is 29.5 Å². The Morgan fingerprint density at radius 1 is 1.38 bits per heavy atom. The summed E-state index contributed by atoms with van der Waals surface area (Å²) in [6, 6.07) is 8.40. The fourth-order valence-corrected chi connectivity index (χ4v) is 4.60. The molecular weight excluding hydrogens is 300 g/mol. The summed E-state index contributed by atoms with van der Waals surface area (Å²) in [6.45, 7) is 5.51. The number of benzene rings is 1. The van der Waals surface area contributed by atoms with Crippen LogP contribution >= 0.6 is 23.1 Å². The number of rotatable bonds is 3. The summed E-state index contributed by atoms with van der Waals surface area (Å²) in [4.78, 5) is 19.0. The number of aromatic nitrogens is 1. The van der Waals surface area contributed by atoms with Gasteiger partial charge >= 0.3 is 0 Å². The van der Waals surface area contributed by atoms with Crippen LogP contribution < -0.4 is 0 Å². The van der Waals surface area contributed by atoms with Crippen molar-refractivity contribution in [2.45, 2.75) is 36.4 Å². The maximum absolute atomic E-state index is 12.6. The average molecular weight is 318 g/mol. The molecule has 0 fully saturated rings. The first-order valence-corrected chi connectivity index (χ1v) is 8.84. The number of nitrogens with zero attached hydrogens (tertiary/aromatic N) is 2. The second kappa shape index (κ2) is 6.20. The largest absolute Gasteiger partial charge is 0.337 e. The summed E-state index contributed by atoms with van der Waals surface area (Å²) in [5.41, 5.74) is 3.67. The van der Waals surface area contributed by atoms with Crippen LogP contribution in [-0.4, -0.2) is 27.6 Å². The number of carbonyl (C=O) groups is 1. The Labute approximate surface area is 133 Å². The summed E-state index contributed by atoms with van der Waals surface area (Å²) >= 11 is 3.18. The van der Waals surface area contributed by atoms with Gasteiger partial charge in [-0.25, -0.2) is 4.98 Å². The van der Waals surface area contributed by atoms with E-state index >= 15 is 0 Å². The highest BCUT2D eigenvalue weighted by Crippen LogP contribution is 2.29. The third-order valence-corrected chi connectivity index (χ3v) is 5.84. The fraction of sp³-hybridized carbons (Fsp3) is 0.375. The number of amides is 1. The third-order valence-electron chi connectivity index (χ3n) is 3.67. The normalized spacial score (nSPS) is 15.6. The second-order valence-electron chi connectivity index (χ2n) is 5.29. The Morgan fingerprint density at radius 2 is 2.14 bits per heavy atom. The molecule has 1 aromatic heterocycles. The van der Waals surface area contributed by atoms with Gasteiger partial charge in [-0.15, -0.1) is 11.3 Å². The number of thiazole rings is 1. The first kappa shape index (κ1) is 14.6. The Balaban J connectivity index is 1.66. The number of aryl methyl sites for hydroxylation is 1. The monoisotopic (exact) mass is 318 g/mol. The van der Waals surface area contributed by atoms with E-state index < -0.39 is 0 Å². The van der Waals surface area contributed by atoms with Gasteiger partial charge in [0.1, 0.15) is 0 Å². The van der Waals surface area contributed by atoms with E-state index in [9.17, 15) is 4.79 Å². The quantitative estimate of drug-likeness (QED) is 0.812. The van der Waals surface area contributed by atoms with Crippen LogP contribution in [0, 0.1) is 6.92 Å². The van der Waals surface area contributed by atoms with Crippen LogP contribution in [0.3, 0.4) is 0 Å². The van der Waals surface area contributed by atoms with Gasteiger partial charge in [0.05, 0.1) is 5.25 Å². The maximum Gasteiger partial charge on any atom is 0.236 e. The van der Waals surface area contributed by atoms with E-state index in [2.05, 4.69) is 23.2 Å². The molecule has 1 aromatic carbocycles. The molecule has 0 bridgehead atoms. The lowest BCUT2D eigenvalue weighted by Gasteiger charge is -2.30. The molecule has 5 heteroatoms. The van der Waals surface area contributed by atoms with Crippen molar-refractivity contribution >= 4 is 29.0 Å². The van der Waals surface area contributed by atoms with Gasteiger partial charge in [0.15, 0.2) is 4.34 Å². The molecule has 0 aliphatic carbocycles. The van der Waals surface area contributed by atoms with Gasteiger partial charge in [0.2, 0.25) is 5.91 Å². The molecule has 1 aliphatic rings. The summed E-state index contributed by atoms with van der Waals surface area (Å²) in [5.74, 6) is 0.211. The van der Waals surface area contributed by atoms with Gasteiger partial charge in [-0.05, 0) is 31.4 Å². The van der Waals surface area contributed by atoms with Gasteiger partial charge in [-0.1, -0.05) is 36.0 Å². The highest BCUT2D eigenvalue weighted by atomic mass is 32.2. The molecule has 0 saturated carbocycles. The van der Waals surface area contributed by atoms with Crippen LogP contribution in [0.1, 0.15) is 23.7 Å². The molecule has 1 atom stereocenters. The molecule has 3 nitrogen and oxygen atoms in total. The van der Waals surface area contributed by atoms with Crippen molar-refractivity contribution in [1.82, 2.24) is 9.88 Å². The van der Waals surface area contributed by atoms with E-state index in [1.807, 2.05) is 30.2 Å². The minimum absolute atomic E-state index is 0.0826. The van der Waals surface area contributed by atoms with Crippen LogP contribution in [0.25, 0.3) is 0 Å². The molecule has 110 valence electrons. The summed E-state index contributed by atoms with van der Waals surface area (Å²) in [6.07, 6.45) is 0.954. The van der Waals surface area contributed by atoms with Crippen molar-refractivity contribution in [2.75, 3.05) is 6.54 Å². The molecule has 0 N–H and O–H groups in total. The van der Waals surface area contributed by atoms with Gasteiger partial charge in [0.25, 0.3) is 0 Å². The van der Waals surface area contributed by atoms with Gasteiger partial charge in [0, 0.05) is 24.2 Å². The minimum atomic E-state index is -0.0826. The molecule has 2 heterocycles. The van der Waals surface area contributed by atoms with Gasteiger partial charge in [-0.3, -0.25) is 4.79 Å². The molecule has 1 amide bonds. The van der Waals surface area contributed by atoms with Crippen molar-refractivity contribution in [3.8, 4) is 0 Å².